The standard InChI is InChI=1S/C16H15BrN4O5/c1-9-5-11(3-4-13(9)17)19-16(23)20-18-8-10-6-12(21(24)25)7-14(26-2)15(10)22/h3-8,22H,1-2H3,(H2,19,20,23)/b18-8+. The zero-order valence-electron chi connectivity index (χ0n) is 13.8. The number of non-ortho nitro benzene ring substituents is 1. The van der Waals surface area contributed by atoms with Crippen LogP contribution in [0.2, 0.25) is 0 Å². The Hall–Kier alpha value is -3.14. The van der Waals surface area contributed by atoms with E-state index in [-0.39, 0.29) is 22.7 Å². The Morgan fingerprint density at radius 1 is 1.38 bits per heavy atom. The average molecular weight is 423 g/mol. The van der Waals surface area contributed by atoms with Gasteiger partial charge in [0.05, 0.1) is 24.3 Å². The van der Waals surface area contributed by atoms with Gasteiger partial charge in [-0.3, -0.25) is 10.1 Å². The maximum absolute atomic E-state index is 11.8. The molecule has 2 aromatic carbocycles. The lowest BCUT2D eigenvalue weighted by Crippen LogP contribution is -2.24. The van der Waals surface area contributed by atoms with Gasteiger partial charge < -0.3 is 15.2 Å². The smallest absolute Gasteiger partial charge is 0.339 e. The molecule has 3 N–H and O–H groups in total. The van der Waals surface area contributed by atoms with Crippen LogP contribution in [0.1, 0.15) is 11.1 Å². The number of aromatic hydroxyl groups is 1. The molecule has 136 valence electrons. The lowest BCUT2D eigenvalue weighted by Gasteiger charge is -2.07. The number of phenolic OH excluding ortho intramolecular Hbond substituents is 1. The highest BCUT2D eigenvalue weighted by Crippen LogP contribution is 2.33. The first-order valence-corrected chi connectivity index (χ1v) is 8.02. The number of hydrogen-bond donors (Lipinski definition) is 3. The molecule has 0 saturated heterocycles. The van der Waals surface area contributed by atoms with Crippen molar-refractivity contribution >= 4 is 39.6 Å². The van der Waals surface area contributed by atoms with Crippen molar-refractivity contribution < 1.29 is 19.6 Å². The van der Waals surface area contributed by atoms with Gasteiger partial charge in [0.2, 0.25) is 0 Å². The Balaban J connectivity index is 2.09. The molecule has 26 heavy (non-hydrogen) atoms. The number of phenols is 1. The second-order valence-electron chi connectivity index (χ2n) is 5.13. The summed E-state index contributed by atoms with van der Waals surface area (Å²) >= 11 is 3.36. The van der Waals surface area contributed by atoms with Crippen molar-refractivity contribution in [2.75, 3.05) is 12.4 Å². The minimum atomic E-state index is -0.630. The number of methoxy groups -OCH3 is 1. The molecule has 0 saturated carbocycles. The van der Waals surface area contributed by atoms with Crippen molar-refractivity contribution in [1.82, 2.24) is 5.43 Å². The Kier molecular flexibility index (Phi) is 6.12. The van der Waals surface area contributed by atoms with Gasteiger partial charge in [-0.05, 0) is 30.7 Å². The van der Waals surface area contributed by atoms with Crippen LogP contribution in [0, 0.1) is 17.0 Å². The summed E-state index contributed by atoms with van der Waals surface area (Å²) < 4.78 is 5.80. The third-order valence-corrected chi connectivity index (χ3v) is 4.20. The van der Waals surface area contributed by atoms with Crippen LogP contribution in [-0.2, 0) is 0 Å². The van der Waals surface area contributed by atoms with E-state index >= 15 is 0 Å². The van der Waals surface area contributed by atoms with Crippen LogP contribution in [-0.4, -0.2) is 29.4 Å². The summed E-state index contributed by atoms with van der Waals surface area (Å²) in [7, 11) is 1.27. The first-order valence-electron chi connectivity index (χ1n) is 7.23. The van der Waals surface area contributed by atoms with Gasteiger partial charge in [0.15, 0.2) is 11.5 Å². The van der Waals surface area contributed by atoms with Gasteiger partial charge in [0.1, 0.15) is 0 Å². The summed E-state index contributed by atoms with van der Waals surface area (Å²) in [6.07, 6.45) is 1.08. The van der Waals surface area contributed by atoms with Gasteiger partial charge >= 0.3 is 6.03 Å². The van der Waals surface area contributed by atoms with Crippen molar-refractivity contribution in [1.29, 1.82) is 0 Å². The number of hydrazone groups is 1. The Morgan fingerprint density at radius 3 is 2.73 bits per heavy atom. The molecule has 9 nitrogen and oxygen atoms in total. The predicted molar refractivity (Wildman–Crippen MR) is 99.9 cm³/mol. The highest BCUT2D eigenvalue weighted by atomic mass is 79.9. The van der Waals surface area contributed by atoms with E-state index < -0.39 is 11.0 Å². The number of ether oxygens (including phenoxy) is 1. The van der Waals surface area contributed by atoms with Crippen molar-refractivity contribution in [2.45, 2.75) is 6.92 Å². The van der Waals surface area contributed by atoms with Crippen molar-refractivity contribution in [3.8, 4) is 11.5 Å². The summed E-state index contributed by atoms with van der Waals surface area (Å²) in [5, 5.41) is 27.2. The van der Waals surface area contributed by atoms with Crippen LogP contribution in [0.5, 0.6) is 11.5 Å². The molecule has 2 aromatic rings. The van der Waals surface area contributed by atoms with Crippen molar-refractivity contribution in [3.05, 3.63) is 56.0 Å². The first-order chi connectivity index (χ1) is 12.3. The molecule has 2 amide bonds. The number of hydrogen-bond acceptors (Lipinski definition) is 6. The molecule has 0 unspecified atom stereocenters. The molecule has 0 aliphatic heterocycles. The average Bonchev–Trinajstić information content (AvgIpc) is 2.59. The van der Waals surface area contributed by atoms with Gasteiger partial charge in [0.25, 0.3) is 5.69 Å². The summed E-state index contributed by atoms with van der Waals surface area (Å²) in [4.78, 5) is 22.1. The summed E-state index contributed by atoms with van der Waals surface area (Å²) in [5.41, 5.74) is 3.47. The lowest BCUT2D eigenvalue weighted by molar-refractivity contribution is -0.385. The number of rotatable bonds is 5. The Morgan fingerprint density at radius 2 is 2.12 bits per heavy atom. The van der Waals surface area contributed by atoms with E-state index in [1.54, 1.807) is 18.2 Å². The second-order valence-corrected chi connectivity index (χ2v) is 5.99. The molecule has 0 spiro atoms. The number of amides is 2. The molecule has 0 bridgehead atoms. The van der Waals surface area contributed by atoms with Crippen LogP contribution in [0.4, 0.5) is 16.2 Å². The number of carbonyl (C=O) groups is 1. The number of anilines is 1. The maximum atomic E-state index is 11.8. The van der Waals surface area contributed by atoms with Crippen LogP contribution < -0.4 is 15.5 Å². The van der Waals surface area contributed by atoms with Gasteiger partial charge in [-0.25, -0.2) is 10.2 Å². The van der Waals surface area contributed by atoms with Gasteiger partial charge in [-0.1, -0.05) is 15.9 Å². The Labute approximate surface area is 157 Å². The predicted octanol–water partition coefficient (Wildman–Crippen LogP) is 3.54. The molecule has 10 heteroatoms. The summed E-state index contributed by atoms with van der Waals surface area (Å²) in [5.74, 6) is -0.400. The van der Waals surface area contributed by atoms with Gasteiger partial charge in [0, 0.05) is 21.8 Å². The van der Waals surface area contributed by atoms with Crippen molar-refractivity contribution in [3.63, 3.8) is 0 Å². The number of urea groups is 1. The topological polar surface area (TPSA) is 126 Å². The highest BCUT2D eigenvalue weighted by molar-refractivity contribution is 9.10. The second kappa shape index (κ2) is 8.30. The molecular weight excluding hydrogens is 408 g/mol. The number of benzene rings is 2. The van der Waals surface area contributed by atoms with Gasteiger partial charge in [-0.15, -0.1) is 0 Å². The molecule has 0 atom stereocenters. The van der Waals surface area contributed by atoms with E-state index in [0.29, 0.717) is 5.69 Å². The number of halogens is 1. The van der Waals surface area contributed by atoms with E-state index in [2.05, 4.69) is 31.8 Å². The van der Waals surface area contributed by atoms with Crippen LogP contribution >= 0.6 is 15.9 Å². The number of nitro groups is 1. The first kappa shape index (κ1) is 19.2. The SMILES string of the molecule is COc1cc([N+](=O)[O-])cc(/C=N/NC(=O)Nc2ccc(Br)c(C)c2)c1O. The number of aryl methyl sites for hydroxylation is 1. The van der Waals surface area contributed by atoms with Crippen molar-refractivity contribution in [2.24, 2.45) is 5.10 Å². The minimum absolute atomic E-state index is 0.0239. The van der Waals surface area contributed by atoms with Gasteiger partial charge in [-0.2, -0.15) is 5.10 Å². The number of carbonyl (C=O) groups excluding carboxylic acids is 1. The van der Waals surface area contributed by atoms with E-state index in [1.165, 1.54) is 7.11 Å². The third-order valence-electron chi connectivity index (χ3n) is 3.31. The van der Waals surface area contributed by atoms with E-state index in [9.17, 15) is 20.0 Å². The quantitative estimate of drug-likeness (QED) is 0.385. The molecule has 0 aliphatic rings. The molecule has 0 fully saturated rings. The molecule has 2 rings (SSSR count). The summed E-state index contributed by atoms with van der Waals surface area (Å²) in [6, 6.07) is 6.85. The number of nitrogens with one attached hydrogen (secondary N) is 2. The van der Waals surface area contributed by atoms with E-state index in [0.717, 1.165) is 28.4 Å². The Bertz CT molecular complexity index is 885. The van der Waals surface area contributed by atoms with E-state index in [4.69, 9.17) is 4.74 Å². The molecule has 0 aromatic heterocycles. The number of nitro benzene ring substituents is 1. The fraction of sp³-hybridized carbons (Fsp3) is 0.125. The fourth-order valence-corrected chi connectivity index (χ4v) is 2.26. The largest absolute Gasteiger partial charge is 0.504 e. The van der Waals surface area contributed by atoms with Crippen LogP contribution in [0.15, 0.2) is 39.9 Å². The lowest BCUT2D eigenvalue weighted by atomic mass is 10.2. The van der Waals surface area contributed by atoms with Crippen LogP contribution in [0.25, 0.3) is 0 Å². The monoisotopic (exact) mass is 422 g/mol. The van der Waals surface area contributed by atoms with E-state index in [1.807, 2.05) is 6.92 Å². The van der Waals surface area contributed by atoms with Crippen LogP contribution in [0.3, 0.4) is 0 Å². The fourth-order valence-electron chi connectivity index (χ4n) is 2.02. The zero-order valence-corrected chi connectivity index (χ0v) is 15.4. The normalized spacial score (nSPS) is 10.6. The maximum Gasteiger partial charge on any atom is 0.339 e. The molecule has 0 aliphatic carbocycles. The highest BCUT2D eigenvalue weighted by Gasteiger charge is 2.15. The third kappa shape index (κ3) is 4.70. The molecule has 0 radical (unpaired) electrons. The zero-order chi connectivity index (χ0) is 19.3. The molecular formula is C16H15BrN4O5. The minimum Gasteiger partial charge on any atom is -0.504 e. The summed E-state index contributed by atoms with van der Waals surface area (Å²) in [6.45, 7) is 1.88. The number of nitrogens with zero attached hydrogens (tertiary/aromatic N) is 2. The molecule has 0 heterocycles.